The highest BCUT2D eigenvalue weighted by Crippen LogP contribution is 2.43. The maximum Gasteiger partial charge on any atom is 0.472 e. The van der Waals surface area contributed by atoms with Crippen molar-refractivity contribution in [1.82, 2.24) is 0 Å². The zero-order valence-electron chi connectivity index (χ0n) is 62.8. The summed E-state index contributed by atoms with van der Waals surface area (Å²) in [4.78, 5) is 36.0. The van der Waals surface area contributed by atoms with Crippen molar-refractivity contribution in [3.8, 4) is 0 Å². The molecule has 96 heavy (non-hydrogen) atoms. The molecule has 0 aliphatic rings. The zero-order valence-corrected chi connectivity index (χ0v) is 63.7. The number of unbranched alkanes of at least 4 members (excludes halogenated alkanes) is 34. The number of phosphoric ester groups is 1. The van der Waals surface area contributed by atoms with Crippen LogP contribution in [0.25, 0.3) is 0 Å². The lowest BCUT2D eigenvalue weighted by Gasteiger charge is -2.24. The van der Waals surface area contributed by atoms with Gasteiger partial charge in [-0.25, -0.2) is 4.57 Å². The van der Waals surface area contributed by atoms with Gasteiger partial charge in [-0.1, -0.05) is 352 Å². The van der Waals surface area contributed by atoms with Crippen molar-refractivity contribution >= 4 is 19.8 Å². The molecule has 0 amide bonds. The maximum absolute atomic E-state index is 12.9. The van der Waals surface area contributed by atoms with Gasteiger partial charge in [0.1, 0.15) is 19.8 Å². The molecule has 0 aliphatic heterocycles. The molecule has 2 unspecified atom stereocenters. The Morgan fingerprint density at radius 3 is 0.833 bits per heavy atom. The molecule has 0 heterocycles. The summed E-state index contributed by atoms with van der Waals surface area (Å²) in [5.41, 5.74) is 0. The summed E-state index contributed by atoms with van der Waals surface area (Å²) in [5.74, 6) is -0.791. The number of esters is 2. The Labute approximate surface area is 593 Å². The molecule has 0 fully saturated rings. The average Bonchev–Trinajstić information content (AvgIpc) is 2.74. The number of nitrogens with zero attached hydrogens (tertiary/aromatic N) is 1. The predicted molar refractivity (Wildman–Crippen MR) is 417 cm³/mol. The summed E-state index contributed by atoms with van der Waals surface area (Å²) in [6.07, 6.45) is 111. The molecule has 0 aliphatic carbocycles. The van der Waals surface area contributed by atoms with Gasteiger partial charge < -0.3 is 18.9 Å². The summed E-state index contributed by atoms with van der Waals surface area (Å²) in [5, 5.41) is 0. The number of hydrogen-bond donors (Lipinski definition) is 1. The van der Waals surface area contributed by atoms with Gasteiger partial charge in [-0.15, -0.1) is 0 Å². The van der Waals surface area contributed by atoms with Gasteiger partial charge in [-0.3, -0.25) is 18.6 Å². The van der Waals surface area contributed by atoms with Crippen LogP contribution in [0.3, 0.4) is 0 Å². The van der Waals surface area contributed by atoms with E-state index in [1.807, 2.05) is 21.1 Å². The van der Waals surface area contributed by atoms with Crippen molar-refractivity contribution in [2.45, 2.75) is 341 Å². The second-order valence-electron chi connectivity index (χ2n) is 27.3. The summed E-state index contributed by atoms with van der Waals surface area (Å²) < 4.78 is 34.8. The molecule has 550 valence electrons. The predicted octanol–water partition coefficient (Wildman–Crippen LogP) is 26.5. The van der Waals surface area contributed by atoms with Crippen LogP contribution in [-0.4, -0.2) is 74.9 Å². The third kappa shape index (κ3) is 78.9. The molecule has 0 aromatic heterocycles. The molecule has 10 heteroatoms. The molecule has 0 rings (SSSR count). The number of likely N-dealkylation sites (N-methyl/N-ethyl adjacent to an activating group) is 1. The lowest BCUT2D eigenvalue weighted by atomic mass is 10.0. The molecule has 0 aromatic carbocycles. The first-order chi connectivity index (χ1) is 47.0. The summed E-state index contributed by atoms with van der Waals surface area (Å²) >= 11 is 0. The lowest BCUT2D eigenvalue weighted by molar-refractivity contribution is -0.870. The Bertz CT molecular complexity index is 2140. The first kappa shape index (κ1) is 91.9. The van der Waals surface area contributed by atoms with E-state index in [-0.39, 0.29) is 32.0 Å². The number of hydrogen-bond acceptors (Lipinski definition) is 7. The van der Waals surface area contributed by atoms with Crippen molar-refractivity contribution in [3.05, 3.63) is 146 Å². The fourth-order valence-electron chi connectivity index (χ4n) is 10.9. The van der Waals surface area contributed by atoms with Gasteiger partial charge in [-0.2, -0.15) is 0 Å². The minimum atomic E-state index is -4.40. The lowest BCUT2D eigenvalue weighted by Crippen LogP contribution is -2.37. The van der Waals surface area contributed by atoms with Crippen molar-refractivity contribution in [2.24, 2.45) is 0 Å². The highest BCUT2D eigenvalue weighted by molar-refractivity contribution is 7.47. The molecular formula is C86H149NO8P+. The fraction of sp³-hybridized carbons (Fsp3) is 0.698. The van der Waals surface area contributed by atoms with Crippen LogP contribution in [0.5, 0.6) is 0 Å². The van der Waals surface area contributed by atoms with Crippen LogP contribution in [0.15, 0.2) is 146 Å². The molecule has 0 saturated heterocycles. The van der Waals surface area contributed by atoms with Gasteiger partial charge in [0.15, 0.2) is 6.10 Å². The SMILES string of the molecule is CC/C=C\C/C=C\C/C=C\C/C=C\C/C=C\C/C=C\C/C=C\CCCCCCCCCCCCCCCC(=O)OC(COC(=O)CCCCCCCCCCCCCCCCCCCCCCC/C=C\C/C=C\C/C=C\C/C=C\C/C=C\CC)COP(=O)(O)OCC[N+](C)(C)C. The van der Waals surface area contributed by atoms with E-state index in [0.29, 0.717) is 17.4 Å². The van der Waals surface area contributed by atoms with E-state index in [0.717, 1.165) is 116 Å². The minimum absolute atomic E-state index is 0.0277. The normalized spacial score (nSPS) is 13.9. The molecule has 0 radical (unpaired) electrons. The standard InChI is InChI=1S/C86H148NO8P/c1-6-8-10-12-14-16-18-20-22-24-26-28-30-32-34-36-38-40-42-43-45-46-48-50-52-54-56-58-60-62-64-66-68-70-72-74-76-78-85(88)92-82-84(83-94-96(90,91)93-81-80-87(3,4)5)95-86(89)79-77-75-73-71-69-67-65-63-61-59-57-55-53-51-49-47-44-41-39-37-35-33-31-29-27-25-23-21-19-17-15-13-11-9-7-2/h8-11,14-17,20-23,26-29,32-35,39,41,47,49,84H,6-7,12-13,18-19,24-25,30-31,36-38,40,42-46,48,50-83H2,1-5H3/p+1/b10-8-,11-9-,16-14-,17-15-,22-20-,23-21-,28-26-,29-27-,34-32-,35-33-,41-39-,49-47-. The second kappa shape index (κ2) is 75.1. The topological polar surface area (TPSA) is 108 Å². The Hall–Kier alpha value is -4.11. The fourth-order valence-corrected chi connectivity index (χ4v) is 11.7. The van der Waals surface area contributed by atoms with Crippen LogP contribution in [0.1, 0.15) is 335 Å². The van der Waals surface area contributed by atoms with E-state index < -0.39 is 26.5 Å². The van der Waals surface area contributed by atoms with Crippen molar-refractivity contribution in [1.29, 1.82) is 0 Å². The van der Waals surface area contributed by atoms with Gasteiger partial charge in [-0.05, 0) is 116 Å². The van der Waals surface area contributed by atoms with Crippen LogP contribution in [0, 0.1) is 0 Å². The van der Waals surface area contributed by atoms with Crippen LogP contribution < -0.4 is 0 Å². The van der Waals surface area contributed by atoms with Crippen LogP contribution in [0.4, 0.5) is 0 Å². The molecule has 0 saturated carbocycles. The largest absolute Gasteiger partial charge is 0.472 e. The van der Waals surface area contributed by atoms with E-state index in [2.05, 4.69) is 160 Å². The molecule has 9 nitrogen and oxygen atoms in total. The van der Waals surface area contributed by atoms with E-state index in [4.69, 9.17) is 18.5 Å². The summed E-state index contributed by atoms with van der Waals surface area (Å²) in [6.45, 7) is 4.23. The van der Waals surface area contributed by atoms with E-state index in [1.54, 1.807) is 0 Å². The van der Waals surface area contributed by atoms with Crippen LogP contribution in [0.2, 0.25) is 0 Å². The van der Waals surface area contributed by atoms with Crippen LogP contribution >= 0.6 is 7.82 Å². The van der Waals surface area contributed by atoms with Gasteiger partial charge in [0.05, 0.1) is 27.7 Å². The Morgan fingerprint density at radius 2 is 0.562 bits per heavy atom. The van der Waals surface area contributed by atoms with Crippen molar-refractivity contribution in [3.63, 3.8) is 0 Å². The molecule has 2 atom stereocenters. The van der Waals surface area contributed by atoms with Gasteiger partial charge in [0.2, 0.25) is 0 Å². The second-order valence-corrected chi connectivity index (χ2v) is 28.8. The van der Waals surface area contributed by atoms with E-state index in [9.17, 15) is 19.0 Å². The Morgan fingerprint density at radius 1 is 0.323 bits per heavy atom. The number of carbonyl (C=O) groups excluding carboxylic acids is 2. The summed E-state index contributed by atoms with van der Waals surface area (Å²) in [7, 11) is 1.48. The first-order valence-corrected chi connectivity index (χ1v) is 41.1. The van der Waals surface area contributed by atoms with Gasteiger partial charge in [0.25, 0.3) is 0 Å². The monoisotopic (exact) mass is 1360 g/mol. The van der Waals surface area contributed by atoms with E-state index >= 15 is 0 Å². The number of carbonyl (C=O) groups is 2. The van der Waals surface area contributed by atoms with Crippen molar-refractivity contribution < 1.29 is 42.1 Å². The highest BCUT2D eigenvalue weighted by atomic mass is 31.2. The number of phosphoric acid groups is 1. The third-order valence-corrected chi connectivity index (χ3v) is 17.8. The molecule has 0 bridgehead atoms. The number of rotatable bonds is 72. The number of quaternary nitrogens is 1. The zero-order chi connectivity index (χ0) is 69.7. The van der Waals surface area contributed by atoms with Crippen LogP contribution in [-0.2, 0) is 32.7 Å². The maximum atomic E-state index is 12.9. The minimum Gasteiger partial charge on any atom is -0.462 e. The smallest absolute Gasteiger partial charge is 0.462 e. The highest BCUT2D eigenvalue weighted by Gasteiger charge is 2.27. The molecule has 1 N–H and O–H groups in total. The van der Waals surface area contributed by atoms with Crippen molar-refractivity contribution in [2.75, 3.05) is 47.5 Å². The third-order valence-electron chi connectivity index (χ3n) is 16.9. The van der Waals surface area contributed by atoms with Gasteiger partial charge in [0, 0.05) is 12.8 Å². The van der Waals surface area contributed by atoms with E-state index in [1.165, 1.54) is 186 Å². The molecular weight excluding hydrogens is 1210 g/mol. The van der Waals surface area contributed by atoms with Gasteiger partial charge >= 0.3 is 19.8 Å². The number of ether oxygens (including phenoxy) is 2. The first-order valence-electron chi connectivity index (χ1n) is 39.6. The average molecular weight is 1360 g/mol. The quantitative estimate of drug-likeness (QED) is 0.0211. The summed E-state index contributed by atoms with van der Waals surface area (Å²) in [6, 6.07) is 0. The Balaban J connectivity index is 3.98. The number of allylic oxidation sites excluding steroid dienone is 24. The molecule has 0 aromatic rings. The molecule has 0 spiro atoms. The Kier molecular flexibility index (Phi) is 71.9.